The normalized spacial score (nSPS) is 14.2. The van der Waals surface area contributed by atoms with Crippen molar-refractivity contribution in [3.63, 3.8) is 0 Å². The van der Waals surface area contributed by atoms with Gasteiger partial charge in [-0.15, -0.1) is 0 Å². The van der Waals surface area contributed by atoms with Crippen LogP contribution in [-0.4, -0.2) is 21.6 Å². The number of anilines is 1. The van der Waals surface area contributed by atoms with Crippen LogP contribution in [0.4, 0.5) is 5.69 Å². The smallest absolute Gasteiger partial charge is 0.214 e. The number of nitrogens with one attached hydrogen (secondary N) is 2. The van der Waals surface area contributed by atoms with E-state index >= 15 is 0 Å². The number of nitrogens with zero attached hydrogens (tertiary/aromatic N) is 2. The van der Waals surface area contributed by atoms with Gasteiger partial charge in [0.2, 0.25) is 5.78 Å². The molecule has 1 aliphatic carbocycles. The van der Waals surface area contributed by atoms with Crippen molar-refractivity contribution >= 4 is 45.3 Å². The van der Waals surface area contributed by atoms with E-state index in [-0.39, 0.29) is 5.78 Å². The lowest BCUT2D eigenvalue weighted by atomic mass is 10.1. The second-order valence-corrected chi connectivity index (χ2v) is 5.71. The molecule has 6 heteroatoms. The fourth-order valence-corrected chi connectivity index (χ4v) is 2.95. The third-order valence-electron chi connectivity index (χ3n) is 3.81. The van der Waals surface area contributed by atoms with E-state index in [2.05, 4.69) is 20.8 Å². The first-order valence-electron chi connectivity index (χ1n) is 7.35. The first kappa shape index (κ1) is 14.5. The van der Waals surface area contributed by atoms with Crippen molar-refractivity contribution < 1.29 is 4.79 Å². The Hall–Kier alpha value is -3.12. The van der Waals surface area contributed by atoms with Crippen LogP contribution >= 0.6 is 12.2 Å². The summed E-state index contributed by atoms with van der Waals surface area (Å²) in [7, 11) is 0. The van der Waals surface area contributed by atoms with E-state index in [1.807, 2.05) is 42.5 Å². The second kappa shape index (κ2) is 5.82. The Labute approximate surface area is 143 Å². The Morgan fingerprint density at radius 1 is 1.04 bits per heavy atom. The van der Waals surface area contributed by atoms with Gasteiger partial charge in [0, 0.05) is 22.7 Å². The van der Waals surface area contributed by atoms with Gasteiger partial charge >= 0.3 is 0 Å². The fourth-order valence-electron chi connectivity index (χ4n) is 2.79. The molecule has 0 atom stereocenters. The van der Waals surface area contributed by atoms with E-state index in [1.165, 1.54) is 0 Å². The number of hydrogen-bond donors (Lipinski definition) is 2. The van der Waals surface area contributed by atoms with E-state index in [0.717, 1.165) is 22.0 Å². The molecule has 0 amide bonds. The van der Waals surface area contributed by atoms with Gasteiger partial charge in [-0.3, -0.25) is 15.2 Å². The molecule has 0 bridgehead atoms. The molecular formula is C18H12N4OS. The van der Waals surface area contributed by atoms with Crippen LogP contribution in [0.2, 0.25) is 0 Å². The second-order valence-electron chi connectivity index (χ2n) is 5.31. The average Bonchev–Trinajstić information content (AvgIpc) is 2.88. The maximum atomic E-state index is 12.6. The highest BCUT2D eigenvalue weighted by Crippen LogP contribution is 2.30. The monoisotopic (exact) mass is 332 g/mol. The molecule has 0 aliphatic heterocycles. The number of carbonyl (C=O) groups is 1. The molecule has 0 fully saturated rings. The molecule has 5 nitrogen and oxygen atoms in total. The van der Waals surface area contributed by atoms with Crippen molar-refractivity contribution in [2.75, 3.05) is 5.32 Å². The molecule has 0 spiro atoms. The third-order valence-corrected chi connectivity index (χ3v) is 4.00. The number of hydrogen-bond acceptors (Lipinski definition) is 4. The topological polar surface area (TPSA) is 66.4 Å². The Kier molecular flexibility index (Phi) is 3.51. The van der Waals surface area contributed by atoms with E-state index in [1.54, 1.807) is 18.5 Å². The fraction of sp³-hybridized carbons (Fsp3) is 0. The van der Waals surface area contributed by atoms with Gasteiger partial charge in [-0.05, 0) is 29.7 Å². The van der Waals surface area contributed by atoms with Gasteiger partial charge in [-0.25, -0.2) is 0 Å². The lowest BCUT2D eigenvalue weighted by molar-refractivity contribution is 0.106. The van der Waals surface area contributed by atoms with Crippen LogP contribution in [0, 0.1) is 0 Å². The minimum Gasteiger partial charge on any atom is -0.330 e. The number of ketones is 1. The highest BCUT2D eigenvalue weighted by atomic mass is 32.1. The largest absolute Gasteiger partial charge is 0.330 e. The molecule has 116 valence electrons. The molecule has 24 heavy (non-hydrogen) atoms. The average molecular weight is 332 g/mol. The van der Waals surface area contributed by atoms with E-state index < -0.39 is 0 Å². The van der Waals surface area contributed by atoms with Crippen molar-refractivity contribution in [1.82, 2.24) is 10.4 Å². The van der Waals surface area contributed by atoms with Gasteiger partial charge in [0.15, 0.2) is 5.11 Å². The zero-order chi connectivity index (χ0) is 16.5. The van der Waals surface area contributed by atoms with Crippen molar-refractivity contribution in [2.24, 2.45) is 5.10 Å². The summed E-state index contributed by atoms with van der Waals surface area (Å²) < 4.78 is 0. The first-order valence-corrected chi connectivity index (χ1v) is 7.76. The molecule has 0 radical (unpaired) electrons. The minimum atomic E-state index is -0.0986. The number of thiocarbonyl (C=S) groups is 1. The van der Waals surface area contributed by atoms with Gasteiger partial charge in [-0.2, -0.15) is 5.10 Å². The van der Waals surface area contributed by atoms with Crippen molar-refractivity contribution in [1.29, 1.82) is 0 Å². The minimum absolute atomic E-state index is 0.0986. The quantitative estimate of drug-likeness (QED) is 0.557. The first-order chi connectivity index (χ1) is 11.7. The van der Waals surface area contributed by atoms with Crippen LogP contribution in [0.25, 0.3) is 10.8 Å². The summed E-state index contributed by atoms with van der Waals surface area (Å²) >= 11 is 5.21. The van der Waals surface area contributed by atoms with Gasteiger partial charge < -0.3 is 5.32 Å². The Morgan fingerprint density at radius 2 is 1.83 bits per heavy atom. The Bertz CT molecular complexity index is 993. The summed E-state index contributed by atoms with van der Waals surface area (Å²) in [5, 5.41) is 9.47. The standard InChI is InChI=1S/C18H12N4OS/c23-17-14-8-2-5-11-4-1-7-13(15(11)14)16(17)21-22-18(24)20-12-6-3-9-19-10-12/h1-10H,(H2,20,22,24)/b21-16+. The van der Waals surface area contributed by atoms with Gasteiger partial charge in [-0.1, -0.05) is 36.4 Å². The highest BCUT2D eigenvalue weighted by molar-refractivity contribution is 7.80. The molecule has 1 aromatic heterocycles. The number of hydrazone groups is 1. The van der Waals surface area contributed by atoms with E-state index in [9.17, 15) is 4.79 Å². The third kappa shape index (κ3) is 2.43. The number of rotatable bonds is 2. The number of pyridine rings is 1. The van der Waals surface area contributed by atoms with Crippen LogP contribution in [0.5, 0.6) is 0 Å². The SMILES string of the molecule is O=C1/C(=N/NC(=S)Nc2cccnc2)c2cccc3cccc1c23. The van der Waals surface area contributed by atoms with Crippen LogP contribution in [0.15, 0.2) is 66.0 Å². The summed E-state index contributed by atoms with van der Waals surface area (Å²) in [6, 6.07) is 15.1. The van der Waals surface area contributed by atoms with Crippen molar-refractivity contribution in [2.45, 2.75) is 0 Å². The Morgan fingerprint density at radius 3 is 2.58 bits per heavy atom. The molecule has 2 aromatic carbocycles. The molecule has 1 heterocycles. The lowest BCUT2D eigenvalue weighted by Gasteiger charge is -2.07. The van der Waals surface area contributed by atoms with Crippen molar-refractivity contribution in [3.05, 3.63) is 72.1 Å². The van der Waals surface area contributed by atoms with Crippen LogP contribution in [-0.2, 0) is 0 Å². The maximum Gasteiger partial charge on any atom is 0.214 e. The molecule has 0 unspecified atom stereocenters. The summed E-state index contributed by atoms with van der Waals surface area (Å²) in [6.45, 7) is 0. The molecular weight excluding hydrogens is 320 g/mol. The molecule has 0 saturated carbocycles. The number of benzene rings is 2. The summed E-state index contributed by atoms with van der Waals surface area (Å²) in [6.07, 6.45) is 3.33. The van der Waals surface area contributed by atoms with Gasteiger partial charge in [0.25, 0.3) is 0 Å². The molecule has 2 N–H and O–H groups in total. The number of carbonyl (C=O) groups excluding carboxylic acids is 1. The van der Waals surface area contributed by atoms with Gasteiger partial charge in [0.05, 0.1) is 11.9 Å². The summed E-state index contributed by atoms with van der Waals surface area (Å²) in [5.41, 5.74) is 5.36. The van der Waals surface area contributed by atoms with Crippen LogP contribution in [0.3, 0.4) is 0 Å². The predicted molar refractivity (Wildman–Crippen MR) is 98.4 cm³/mol. The predicted octanol–water partition coefficient (Wildman–Crippen LogP) is 3.12. The highest BCUT2D eigenvalue weighted by Gasteiger charge is 2.28. The van der Waals surface area contributed by atoms with E-state index in [4.69, 9.17) is 12.2 Å². The number of Topliss-reactive ketones (excluding diaryl/α,β-unsaturated/α-hetero) is 1. The summed E-state index contributed by atoms with van der Waals surface area (Å²) in [5.74, 6) is -0.0986. The maximum absolute atomic E-state index is 12.6. The molecule has 3 aromatic rings. The lowest BCUT2D eigenvalue weighted by Crippen LogP contribution is -2.26. The number of aromatic nitrogens is 1. The zero-order valence-corrected chi connectivity index (χ0v) is 13.3. The molecule has 4 rings (SSSR count). The molecule has 0 saturated heterocycles. The van der Waals surface area contributed by atoms with Crippen LogP contribution < -0.4 is 10.7 Å². The Balaban J connectivity index is 1.61. The van der Waals surface area contributed by atoms with Crippen LogP contribution in [0.1, 0.15) is 15.9 Å². The molecule has 1 aliphatic rings. The van der Waals surface area contributed by atoms with Gasteiger partial charge in [0.1, 0.15) is 5.71 Å². The van der Waals surface area contributed by atoms with E-state index in [0.29, 0.717) is 16.4 Å². The van der Waals surface area contributed by atoms with Crippen molar-refractivity contribution in [3.8, 4) is 0 Å². The zero-order valence-electron chi connectivity index (χ0n) is 12.5. The summed E-state index contributed by atoms with van der Waals surface area (Å²) in [4.78, 5) is 16.6.